The molecule has 1 aromatic rings. The first kappa shape index (κ1) is 16.3. The third-order valence-corrected chi connectivity index (χ3v) is 2.64. The van der Waals surface area contributed by atoms with Gasteiger partial charge in [0.2, 0.25) is 0 Å². The summed E-state index contributed by atoms with van der Waals surface area (Å²) in [5.41, 5.74) is -4.38. The summed E-state index contributed by atoms with van der Waals surface area (Å²) >= 11 is 0. The van der Waals surface area contributed by atoms with Gasteiger partial charge in [0.15, 0.2) is 0 Å². The Hall–Kier alpha value is -1.73. The topological polar surface area (TPSA) is 26.3 Å². The standard InChI is InChI=1S/C12H10F6O2/c1-3-6-4-8(11(13,14)15)9(12(16,17)18)5-7(6)10(19)20-2/h4-5H,3H2,1-2H3. The predicted octanol–water partition coefficient (Wildman–Crippen LogP) is 4.07. The molecule has 0 unspecified atom stereocenters. The molecule has 1 aromatic carbocycles. The summed E-state index contributed by atoms with van der Waals surface area (Å²) < 4.78 is 80.5. The second-order valence-electron chi connectivity index (χ2n) is 3.90. The lowest BCUT2D eigenvalue weighted by Crippen LogP contribution is -2.19. The number of hydrogen-bond acceptors (Lipinski definition) is 2. The second-order valence-corrected chi connectivity index (χ2v) is 3.90. The Morgan fingerprint density at radius 2 is 1.50 bits per heavy atom. The maximum atomic E-state index is 12.7. The number of halogens is 6. The smallest absolute Gasteiger partial charge is 0.417 e. The van der Waals surface area contributed by atoms with Crippen molar-refractivity contribution in [2.45, 2.75) is 25.7 Å². The average molecular weight is 300 g/mol. The van der Waals surface area contributed by atoms with Crippen molar-refractivity contribution in [3.8, 4) is 0 Å². The summed E-state index contributed by atoms with van der Waals surface area (Å²) in [5.74, 6) is -1.11. The van der Waals surface area contributed by atoms with Crippen molar-refractivity contribution >= 4 is 5.97 Å². The van der Waals surface area contributed by atoms with Gasteiger partial charge in [-0.25, -0.2) is 4.79 Å². The van der Waals surface area contributed by atoms with E-state index in [4.69, 9.17) is 0 Å². The van der Waals surface area contributed by atoms with Crippen LogP contribution in [-0.4, -0.2) is 13.1 Å². The fourth-order valence-electron chi connectivity index (χ4n) is 1.71. The van der Waals surface area contributed by atoms with E-state index >= 15 is 0 Å². The van der Waals surface area contributed by atoms with Crippen molar-refractivity contribution in [3.05, 3.63) is 34.4 Å². The zero-order chi connectivity index (χ0) is 15.7. The molecule has 8 heteroatoms. The van der Waals surface area contributed by atoms with Crippen LogP contribution in [0.5, 0.6) is 0 Å². The van der Waals surface area contributed by atoms with Crippen LogP contribution in [0, 0.1) is 0 Å². The highest BCUT2D eigenvalue weighted by Gasteiger charge is 2.44. The fourth-order valence-corrected chi connectivity index (χ4v) is 1.71. The summed E-state index contributed by atoms with van der Waals surface area (Å²) in [5, 5.41) is 0. The van der Waals surface area contributed by atoms with Gasteiger partial charge in [0, 0.05) is 0 Å². The number of hydrogen-bond donors (Lipinski definition) is 0. The third-order valence-electron chi connectivity index (χ3n) is 2.64. The minimum atomic E-state index is -5.22. The Kier molecular flexibility index (Phi) is 4.36. The highest BCUT2D eigenvalue weighted by atomic mass is 19.4. The van der Waals surface area contributed by atoms with Crippen LogP contribution in [0.3, 0.4) is 0 Å². The molecule has 0 saturated heterocycles. The van der Waals surface area contributed by atoms with Crippen LogP contribution >= 0.6 is 0 Å². The largest absolute Gasteiger partial charge is 0.465 e. The quantitative estimate of drug-likeness (QED) is 0.608. The number of alkyl halides is 6. The Morgan fingerprint density at radius 3 is 1.85 bits per heavy atom. The number of benzene rings is 1. The molecular formula is C12H10F6O2. The molecule has 0 spiro atoms. The number of aryl methyl sites for hydroxylation is 1. The SMILES string of the molecule is CCc1cc(C(F)(F)F)c(C(F)(F)F)cc1C(=O)OC. The van der Waals surface area contributed by atoms with Crippen LogP contribution in [0.2, 0.25) is 0 Å². The zero-order valence-corrected chi connectivity index (χ0v) is 10.4. The van der Waals surface area contributed by atoms with Gasteiger partial charge in [-0.05, 0) is 24.1 Å². The van der Waals surface area contributed by atoms with Crippen molar-refractivity contribution in [3.63, 3.8) is 0 Å². The second kappa shape index (κ2) is 5.34. The lowest BCUT2D eigenvalue weighted by molar-refractivity contribution is -0.162. The lowest BCUT2D eigenvalue weighted by atomic mass is 9.96. The molecule has 1 rings (SSSR count). The number of carbonyl (C=O) groups is 1. The van der Waals surface area contributed by atoms with Gasteiger partial charge in [-0.1, -0.05) is 6.92 Å². The summed E-state index contributed by atoms with van der Waals surface area (Å²) in [7, 11) is 0.937. The molecular weight excluding hydrogens is 290 g/mol. The van der Waals surface area contributed by atoms with Gasteiger partial charge < -0.3 is 4.74 Å². The monoisotopic (exact) mass is 300 g/mol. The molecule has 20 heavy (non-hydrogen) atoms. The van der Waals surface area contributed by atoms with E-state index in [-0.39, 0.29) is 18.1 Å². The molecule has 0 atom stereocenters. The van der Waals surface area contributed by atoms with Crippen LogP contribution < -0.4 is 0 Å². The highest BCUT2D eigenvalue weighted by molar-refractivity contribution is 5.91. The van der Waals surface area contributed by atoms with E-state index in [1.54, 1.807) is 0 Å². The number of methoxy groups -OCH3 is 1. The third kappa shape index (κ3) is 3.23. The lowest BCUT2D eigenvalue weighted by Gasteiger charge is -2.18. The van der Waals surface area contributed by atoms with Crippen molar-refractivity contribution in [1.82, 2.24) is 0 Å². The molecule has 0 aliphatic carbocycles. The molecule has 0 fully saturated rings. The predicted molar refractivity (Wildman–Crippen MR) is 57.2 cm³/mol. The molecule has 0 aromatic heterocycles. The number of ether oxygens (including phenoxy) is 1. The van der Waals surface area contributed by atoms with E-state index in [9.17, 15) is 31.1 Å². The summed E-state index contributed by atoms with van der Waals surface area (Å²) in [6.45, 7) is 1.43. The molecule has 0 bridgehead atoms. The van der Waals surface area contributed by atoms with Gasteiger partial charge in [0.1, 0.15) is 0 Å². The molecule has 0 aliphatic rings. The van der Waals surface area contributed by atoms with Gasteiger partial charge >= 0.3 is 18.3 Å². The number of esters is 1. The first-order valence-electron chi connectivity index (χ1n) is 5.42. The van der Waals surface area contributed by atoms with Crippen LogP contribution in [0.1, 0.15) is 34.0 Å². The zero-order valence-electron chi connectivity index (χ0n) is 10.4. The number of rotatable bonds is 2. The Labute approximate surface area is 110 Å². The van der Waals surface area contributed by atoms with Crippen molar-refractivity contribution in [2.24, 2.45) is 0 Å². The summed E-state index contributed by atoms with van der Waals surface area (Å²) in [6.07, 6.45) is -10.4. The normalized spacial score (nSPS) is 12.4. The Balaban J connectivity index is 3.67. The highest BCUT2D eigenvalue weighted by Crippen LogP contribution is 2.41. The van der Waals surface area contributed by atoms with E-state index in [0.717, 1.165) is 7.11 Å². The molecule has 0 N–H and O–H groups in total. The van der Waals surface area contributed by atoms with Crippen molar-refractivity contribution in [1.29, 1.82) is 0 Å². The molecule has 0 amide bonds. The van der Waals surface area contributed by atoms with Gasteiger partial charge in [0.05, 0.1) is 23.8 Å². The van der Waals surface area contributed by atoms with E-state index < -0.39 is 35.0 Å². The molecule has 2 nitrogen and oxygen atoms in total. The van der Waals surface area contributed by atoms with E-state index in [0.29, 0.717) is 6.07 Å². The van der Waals surface area contributed by atoms with Crippen LogP contribution in [0.15, 0.2) is 12.1 Å². The van der Waals surface area contributed by atoms with E-state index in [1.807, 2.05) is 0 Å². The first-order chi connectivity index (χ1) is 9.02. The van der Waals surface area contributed by atoms with Gasteiger partial charge in [-0.15, -0.1) is 0 Å². The van der Waals surface area contributed by atoms with Crippen LogP contribution in [0.25, 0.3) is 0 Å². The van der Waals surface area contributed by atoms with E-state index in [2.05, 4.69) is 4.74 Å². The van der Waals surface area contributed by atoms with Crippen molar-refractivity contribution < 1.29 is 35.9 Å². The fraction of sp³-hybridized carbons (Fsp3) is 0.417. The summed E-state index contributed by atoms with van der Waals surface area (Å²) in [6, 6.07) is 0.530. The maximum Gasteiger partial charge on any atom is 0.417 e. The van der Waals surface area contributed by atoms with Crippen molar-refractivity contribution in [2.75, 3.05) is 7.11 Å². The average Bonchev–Trinajstić information content (AvgIpc) is 2.33. The number of carbonyl (C=O) groups excluding carboxylic acids is 1. The van der Waals surface area contributed by atoms with Gasteiger partial charge in [-0.2, -0.15) is 26.3 Å². The van der Waals surface area contributed by atoms with Gasteiger partial charge in [0.25, 0.3) is 0 Å². The molecule has 112 valence electrons. The molecule has 0 saturated carbocycles. The van der Waals surface area contributed by atoms with E-state index in [1.165, 1.54) is 6.92 Å². The minimum absolute atomic E-state index is 0.0361. The maximum absolute atomic E-state index is 12.7. The summed E-state index contributed by atoms with van der Waals surface area (Å²) in [4.78, 5) is 11.4. The van der Waals surface area contributed by atoms with Crippen LogP contribution in [-0.2, 0) is 23.5 Å². The minimum Gasteiger partial charge on any atom is -0.465 e. The van der Waals surface area contributed by atoms with Crippen LogP contribution in [0.4, 0.5) is 26.3 Å². The Bertz CT molecular complexity index is 516. The first-order valence-corrected chi connectivity index (χ1v) is 5.42. The molecule has 0 aliphatic heterocycles. The molecule has 0 heterocycles. The molecule has 0 radical (unpaired) electrons. The van der Waals surface area contributed by atoms with Gasteiger partial charge in [-0.3, -0.25) is 0 Å². The Morgan fingerprint density at radius 1 is 1.05 bits per heavy atom.